The number of carbonyl (C=O) groups excluding carboxylic acids is 3. The smallest absolute Gasteiger partial charge is 0.355 e. The van der Waals surface area contributed by atoms with Crippen molar-refractivity contribution in [3.05, 3.63) is 16.1 Å². The van der Waals surface area contributed by atoms with Crippen LogP contribution >= 0.6 is 11.3 Å². The van der Waals surface area contributed by atoms with Gasteiger partial charge in [-0.05, 0) is 62.7 Å². The van der Waals surface area contributed by atoms with Crippen LogP contribution in [0.4, 0.5) is 0 Å². The normalized spacial score (nSPS) is 19.2. The topological polar surface area (TPSA) is 148 Å². The quantitative estimate of drug-likeness (QED) is 0.0502. The number of nitrogens with one attached hydrogen (secondary N) is 1. The molecular formula is C37H62N4O8SSi. The zero-order valence-corrected chi connectivity index (χ0v) is 34.5. The van der Waals surface area contributed by atoms with Crippen molar-refractivity contribution in [3.63, 3.8) is 0 Å². The molecule has 1 aromatic heterocycles. The summed E-state index contributed by atoms with van der Waals surface area (Å²) >= 11 is 1.07. The zero-order valence-electron chi connectivity index (χ0n) is 32.7. The molecule has 2 N–H and O–H groups in total. The summed E-state index contributed by atoms with van der Waals surface area (Å²) in [6, 6.07) is -1.55. The number of nitrogens with zero attached hydrogens (tertiary/aromatic N) is 3. The van der Waals surface area contributed by atoms with E-state index in [9.17, 15) is 24.3 Å². The Balaban J connectivity index is 2.43. The zero-order chi connectivity index (χ0) is 38.7. The largest absolute Gasteiger partial charge is 0.476 e. The summed E-state index contributed by atoms with van der Waals surface area (Å²) in [5.41, 5.74) is -0.987. The monoisotopic (exact) mass is 750 g/mol. The third-order valence-corrected chi connectivity index (χ3v) is 15.9. The van der Waals surface area contributed by atoms with E-state index in [2.05, 4.69) is 55.0 Å². The second-order valence-electron chi connectivity index (χ2n) is 15.6. The van der Waals surface area contributed by atoms with Crippen LogP contribution in [0.25, 0.3) is 0 Å². The minimum Gasteiger partial charge on any atom is -0.476 e. The van der Waals surface area contributed by atoms with Crippen LogP contribution in [0.5, 0.6) is 0 Å². The van der Waals surface area contributed by atoms with Crippen LogP contribution in [-0.4, -0.2) is 96.0 Å². The van der Waals surface area contributed by atoms with Gasteiger partial charge in [0.25, 0.3) is 5.91 Å². The summed E-state index contributed by atoms with van der Waals surface area (Å²) in [5.74, 6) is -0.259. The predicted molar refractivity (Wildman–Crippen MR) is 201 cm³/mol. The summed E-state index contributed by atoms with van der Waals surface area (Å²) < 4.78 is 12.1. The average Bonchev–Trinajstić information content (AvgIpc) is 3.69. The fourth-order valence-electron chi connectivity index (χ4n) is 5.83. The molecule has 0 spiro atoms. The molecule has 288 valence electrons. The van der Waals surface area contributed by atoms with E-state index in [1.54, 1.807) is 0 Å². The van der Waals surface area contributed by atoms with Gasteiger partial charge in [0.1, 0.15) is 11.0 Å². The highest BCUT2D eigenvalue weighted by molar-refractivity contribution is 7.09. The molecule has 0 bridgehead atoms. The van der Waals surface area contributed by atoms with Gasteiger partial charge in [-0.2, -0.15) is 0 Å². The number of likely N-dealkylation sites (tertiary alicyclic amines) is 1. The van der Waals surface area contributed by atoms with E-state index in [1.807, 2.05) is 34.6 Å². The molecule has 12 nitrogen and oxygen atoms in total. The molecule has 2 rings (SSSR count). The molecule has 0 aliphatic carbocycles. The maximum absolute atomic E-state index is 14.7. The molecule has 51 heavy (non-hydrogen) atoms. The summed E-state index contributed by atoms with van der Waals surface area (Å²) in [5, 5.41) is 15.7. The van der Waals surface area contributed by atoms with E-state index in [0.29, 0.717) is 43.8 Å². The number of ether oxygens (including phenoxy) is 1. The van der Waals surface area contributed by atoms with Gasteiger partial charge in [-0.1, -0.05) is 54.9 Å². The van der Waals surface area contributed by atoms with Gasteiger partial charge >= 0.3 is 11.9 Å². The van der Waals surface area contributed by atoms with Crippen LogP contribution in [0.2, 0.25) is 18.1 Å². The summed E-state index contributed by atoms with van der Waals surface area (Å²) in [4.78, 5) is 65.4. The van der Waals surface area contributed by atoms with Crippen molar-refractivity contribution >= 4 is 43.4 Å². The lowest BCUT2D eigenvalue weighted by Gasteiger charge is -2.40. The van der Waals surface area contributed by atoms with Gasteiger partial charge < -0.3 is 19.6 Å². The Labute approximate surface area is 310 Å². The number of unbranched alkanes of at least 4 members (excludes halogenated alkanes) is 1. The Morgan fingerprint density at radius 3 is 2.41 bits per heavy atom. The first-order valence-electron chi connectivity index (χ1n) is 18.1. The van der Waals surface area contributed by atoms with Crippen molar-refractivity contribution in [1.82, 2.24) is 20.3 Å². The number of carboxylic acids is 1. The number of amides is 2. The lowest BCUT2D eigenvalue weighted by Crippen LogP contribution is -2.61. The number of thiazole rings is 1. The molecule has 1 fully saturated rings. The highest BCUT2D eigenvalue weighted by Crippen LogP contribution is 2.37. The van der Waals surface area contributed by atoms with Gasteiger partial charge in [0.2, 0.25) is 5.91 Å². The van der Waals surface area contributed by atoms with Crippen LogP contribution in [-0.2, 0) is 28.4 Å². The highest BCUT2D eigenvalue weighted by atomic mass is 32.1. The number of terminal acetylenes is 1. The standard InChI is InChI=1S/C37H62N4O8SSi/c1-13-15-16-21-47-41(29(25(3)4)23-30(49-27(6)42)32-38-28(24-50-32)34(44)45)33(43)31(26(5)14-2)39-35(46)37(10)18-17-19-40(37)20-22-48-51(11,12)36(7,8)9/h1,24-26,29-31H,14-23H2,2-12H3,(H,39,46)(H,44,45)/t26-,29+,30+,31-,37+/m0/s1. The van der Waals surface area contributed by atoms with Gasteiger partial charge in [0.05, 0.1) is 18.2 Å². The van der Waals surface area contributed by atoms with Gasteiger partial charge in [-0.3, -0.25) is 24.1 Å². The molecule has 1 aromatic rings. The predicted octanol–water partition coefficient (Wildman–Crippen LogP) is 6.44. The van der Waals surface area contributed by atoms with Crippen LogP contribution in [0.15, 0.2) is 5.38 Å². The minimum absolute atomic E-state index is 0.0745. The van der Waals surface area contributed by atoms with E-state index in [-0.39, 0.29) is 41.5 Å². The molecule has 0 aromatic carbocycles. The van der Waals surface area contributed by atoms with Crippen molar-refractivity contribution in [2.24, 2.45) is 11.8 Å². The molecule has 2 amide bonds. The maximum Gasteiger partial charge on any atom is 0.355 e. The van der Waals surface area contributed by atoms with E-state index in [1.165, 1.54) is 17.4 Å². The maximum atomic E-state index is 14.7. The van der Waals surface area contributed by atoms with Crippen LogP contribution < -0.4 is 5.32 Å². The van der Waals surface area contributed by atoms with E-state index in [4.69, 9.17) is 20.4 Å². The Bertz CT molecular complexity index is 1370. The number of aromatic carboxylic acids is 1. The molecule has 0 saturated carbocycles. The Hall–Kier alpha value is -2.83. The summed E-state index contributed by atoms with van der Waals surface area (Å²) in [6.45, 7) is 24.0. The lowest BCUT2D eigenvalue weighted by atomic mass is 9.92. The summed E-state index contributed by atoms with van der Waals surface area (Å²) in [7, 11) is -1.97. The fraction of sp³-hybridized carbons (Fsp3) is 0.757. The third kappa shape index (κ3) is 12.1. The lowest BCUT2D eigenvalue weighted by molar-refractivity contribution is -0.213. The molecule has 2 heterocycles. The first-order chi connectivity index (χ1) is 23.7. The van der Waals surface area contributed by atoms with Crippen molar-refractivity contribution in [2.45, 2.75) is 143 Å². The Morgan fingerprint density at radius 2 is 1.88 bits per heavy atom. The molecule has 1 aliphatic rings. The number of esters is 1. The van der Waals surface area contributed by atoms with Crippen LogP contribution in [0, 0.1) is 24.2 Å². The SMILES string of the molecule is C#CCCCON(C(=O)[C@@H](NC(=O)[C@@]1(C)CCCN1CCO[Si](C)(C)C(C)(C)C)[C@@H](C)CC)[C@H](C[C@@H](OC(C)=O)c1nc(C(=O)O)cs1)C(C)C. The van der Waals surface area contributed by atoms with Crippen LogP contribution in [0.1, 0.15) is 122 Å². The van der Waals surface area contributed by atoms with Gasteiger partial charge in [-0.15, -0.1) is 23.7 Å². The number of rotatable bonds is 20. The van der Waals surface area contributed by atoms with Crippen molar-refractivity contribution < 1.29 is 38.3 Å². The molecule has 14 heteroatoms. The third-order valence-electron chi connectivity index (χ3n) is 10.4. The Kier molecular flexibility index (Phi) is 16.8. The first-order valence-corrected chi connectivity index (χ1v) is 21.9. The van der Waals surface area contributed by atoms with E-state index in [0.717, 1.165) is 24.3 Å². The number of aromatic nitrogens is 1. The van der Waals surface area contributed by atoms with Crippen molar-refractivity contribution in [1.29, 1.82) is 0 Å². The van der Waals surface area contributed by atoms with Crippen molar-refractivity contribution in [2.75, 3.05) is 26.3 Å². The van der Waals surface area contributed by atoms with E-state index >= 15 is 0 Å². The first kappa shape index (κ1) is 44.3. The minimum atomic E-state index is -1.97. The van der Waals surface area contributed by atoms with Crippen LogP contribution in [0.3, 0.4) is 0 Å². The summed E-state index contributed by atoms with van der Waals surface area (Å²) in [6.07, 6.45) is 7.70. The molecular weight excluding hydrogens is 689 g/mol. The molecule has 0 radical (unpaired) electrons. The molecule has 0 unspecified atom stereocenters. The number of hydroxylamine groups is 2. The number of carbonyl (C=O) groups is 4. The van der Waals surface area contributed by atoms with E-state index < -0.39 is 49.9 Å². The second-order valence-corrected chi connectivity index (χ2v) is 21.3. The average molecular weight is 751 g/mol. The number of carboxylic acid groups (broad SMARTS) is 1. The molecule has 5 atom stereocenters. The molecule has 1 aliphatic heterocycles. The second kappa shape index (κ2) is 19.3. The van der Waals surface area contributed by atoms with Crippen molar-refractivity contribution in [3.8, 4) is 12.3 Å². The Morgan fingerprint density at radius 1 is 1.22 bits per heavy atom. The highest BCUT2D eigenvalue weighted by Gasteiger charge is 2.46. The van der Waals surface area contributed by atoms with Gasteiger partial charge in [0.15, 0.2) is 20.1 Å². The number of hydrogen-bond acceptors (Lipinski definition) is 10. The van der Waals surface area contributed by atoms with Gasteiger partial charge in [0, 0.05) is 38.3 Å². The fourth-order valence-corrected chi connectivity index (χ4v) is 7.70. The van der Waals surface area contributed by atoms with Gasteiger partial charge in [-0.25, -0.2) is 14.8 Å². The number of hydrogen-bond donors (Lipinski definition) is 2. The molecule has 1 saturated heterocycles.